The Kier molecular flexibility index (Phi) is 4.69. The Hall–Kier alpha value is -4.17. The molecule has 148 valence electrons. The molecule has 0 aliphatic carbocycles. The topological polar surface area (TPSA) is 90.8 Å². The predicted molar refractivity (Wildman–Crippen MR) is 110 cm³/mol. The van der Waals surface area contributed by atoms with E-state index in [1.54, 1.807) is 17.9 Å². The number of aromatic nitrogens is 2. The van der Waals surface area contributed by atoms with Crippen molar-refractivity contribution in [2.24, 2.45) is 11.0 Å². The summed E-state index contributed by atoms with van der Waals surface area (Å²) in [6.07, 6.45) is 13.9. The fraction of sp³-hybridized carbons (Fsp3) is 0.227. The number of benzene rings is 1. The van der Waals surface area contributed by atoms with E-state index < -0.39 is 35.1 Å². The maximum absolute atomic E-state index is 12.7. The van der Waals surface area contributed by atoms with E-state index in [9.17, 15) is 14.7 Å². The summed E-state index contributed by atoms with van der Waals surface area (Å²) in [5.74, 6) is 3.58. The van der Waals surface area contributed by atoms with Crippen LogP contribution in [0.25, 0.3) is 0 Å². The standard InChI is InChI=1S/C22H17N5O3/c1-4-14-12-26(24-16(14)5-2)19(15-9-7-6-8-10-15)17-13-25(3)22(30)20-21(29)18(28)11-23-27(17)20/h1-2,6-12,14,17,19H,13H2,3H3/p+1/t14?,17-,19+/m1/s1. The minimum absolute atomic E-state index is 0.156. The number of carbonyl (C=O) groups excluding carboxylic acids is 1. The SMILES string of the molecule is C#CC1=N[N+]([C@@H](c2ccccc2)[C@H]2CN(C)C(=O)c3c(O)c(=O)cnn32)=CC1C#C. The van der Waals surface area contributed by atoms with Crippen LogP contribution in [0.15, 0.2) is 46.4 Å². The number of carbonyl (C=O) groups is 1. The molecule has 1 amide bonds. The van der Waals surface area contributed by atoms with Gasteiger partial charge in [-0.25, -0.2) is 4.68 Å². The van der Waals surface area contributed by atoms with Crippen LogP contribution in [-0.2, 0) is 0 Å². The minimum Gasteiger partial charge on any atom is -0.502 e. The van der Waals surface area contributed by atoms with Gasteiger partial charge in [0.25, 0.3) is 5.91 Å². The third kappa shape index (κ3) is 2.96. The maximum Gasteiger partial charge on any atom is 0.275 e. The molecule has 0 saturated carbocycles. The molecule has 3 atom stereocenters. The van der Waals surface area contributed by atoms with E-state index in [-0.39, 0.29) is 12.2 Å². The van der Waals surface area contributed by atoms with Crippen LogP contribution in [0.5, 0.6) is 5.75 Å². The first-order chi connectivity index (χ1) is 14.5. The highest BCUT2D eigenvalue weighted by Crippen LogP contribution is 2.36. The summed E-state index contributed by atoms with van der Waals surface area (Å²) in [7, 11) is 1.60. The van der Waals surface area contributed by atoms with Gasteiger partial charge in [0, 0.05) is 17.7 Å². The van der Waals surface area contributed by atoms with Gasteiger partial charge in [-0.15, -0.1) is 12.8 Å². The molecular formula is C22H18N5O3+. The summed E-state index contributed by atoms with van der Waals surface area (Å²) in [6, 6.07) is 8.58. The van der Waals surface area contributed by atoms with Gasteiger partial charge in [0.05, 0.1) is 12.7 Å². The minimum atomic E-state index is -0.715. The molecule has 0 bridgehead atoms. The van der Waals surface area contributed by atoms with E-state index >= 15 is 0 Å². The molecule has 0 saturated heterocycles. The van der Waals surface area contributed by atoms with Crippen LogP contribution in [0.3, 0.4) is 0 Å². The number of likely N-dealkylation sites (N-methyl/N-ethyl adjacent to an activating group) is 1. The molecular weight excluding hydrogens is 382 g/mol. The molecule has 0 fully saturated rings. The van der Waals surface area contributed by atoms with Crippen molar-refractivity contribution in [1.82, 2.24) is 14.7 Å². The van der Waals surface area contributed by atoms with E-state index in [1.165, 1.54) is 9.58 Å². The Balaban J connectivity index is 1.94. The number of hydrogen-bond donors (Lipinski definition) is 1. The normalized spacial score (nSPS) is 21.2. The molecule has 8 heteroatoms. The maximum atomic E-state index is 12.7. The van der Waals surface area contributed by atoms with Crippen molar-refractivity contribution >= 4 is 17.8 Å². The van der Waals surface area contributed by atoms with Crippen molar-refractivity contribution in [2.45, 2.75) is 12.1 Å². The van der Waals surface area contributed by atoms with Gasteiger partial charge >= 0.3 is 0 Å². The van der Waals surface area contributed by atoms with E-state index in [2.05, 4.69) is 22.0 Å². The lowest BCUT2D eigenvalue weighted by Gasteiger charge is -2.34. The second kappa shape index (κ2) is 7.34. The van der Waals surface area contributed by atoms with Gasteiger partial charge < -0.3 is 10.0 Å². The van der Waals surface area contributed by atoms with Crippen LogP contribution < -0.4 is 5.43 Å². The van der Waals surface area contributed by atoms with Gasteiger partial charge in [0.1, 0.15) is 6.04 Å². The summed E-state index contributed by atoms with van der Waals surface area (Å²) in [6.45, 7) is 0.271. The van der Waals surface area contributed by atoms with Crippen molar-refractivity contribution in [1.29, 1.82) is 0 Å². The molecule has 2 aliphatic heterocycles. The first-order valence-electron chi connectivity index (χ1n) is 9.22. The zero-order chi connectivity index (χ0) is 21.4. The molecule has 1 aromatic carbocycles. The van der Waals surface area contributed by atoms with E-state index in [4.69, 9.17) is 12.8 Å². The number of fused-ring (bicyclic) bond motifs is 1. The molecule has 1 aromatic heterocycles. The molecule has 1 N–H and O–H groups in total. The van der Waals surface area contributed by atoms with Gasteiger partial charge in [-0.05, 0) is 5.92 Å². The number of hydrazone groups is 1. The zero-order valence-corrected chi connectivity index (χ0v) is 16.1. The van der Waals surface area contributed by atoms with Crippen LogP contribution in [0.2, 0.25) is 0 Å². The summed E-state index contributed by atoms with van der Waals surface area (Å²) in [4.78, 5) is 26.0. The highest BCUT2D eigenvalue weighted by Gasteiger charge is 2.45. The summed E-state index contributed by atoms with van der Waals surface area (Å²) < 4.78 is 3.07. The lowest BCUT2D eigenvalue weighted by Crippen LogP contribution is -2.46. The summed E-state index contributed by atoms with van der Waals surface area (Å²) >= 11 is 0. The van der Waals surface area contributed by atoms with Crippen LogP contribution in [-0.4, -0.2) is 55.9 Å². The largest absolute Gasteiger partial charge is 0.502 e. The molecule has 3 heterocycles. The number of nitrogens with zero attached hydrogens (tertiary/aromatic N) is 5. The third-order valence-corrected chi connectivity index (χ3v) is 5.25. The molecule has 8 nitrogen and oxygen atoms in total. The van der Waals surface area contributed by atoms with Gasteiger partial charge in [-0.1, -0.05) is 40.9 Å². The number of aromatic hydroxyl groups is 1. The fourth-order valence-electron chi connectivity index (χ4n) is 3.80. The van der Waals surface area contributed by atoms with Crippen LogP contribution in [0, 0.1) is 30.6 Å². The fourth-order valence-corrected chi connectivity index (χ4v) is 3.80. The number of amides is 1. The quantitative estimate of drug-likeness (QED) is 0.605. The second-order valence-electron chi connectivity index (χ2n) is 7.06. The molecule has 0 radical (unpaired) electrons. The van der Waals surface area contributed by atoms with E-state index in [0.29, 0.717) is 5.71 Å². The molecule has 2 aliphatic rings. The number of rotatable bonds is 3. The van der Waals surface area contributed by atoms with Crippen LogP contribution in [0.4, 0.5) is 0 Å². The van der Waals surface area contributed by atoms with Gasteiger partial charge in [0.15, 0.2) is 29.3 Å². The third-order valence-electron chi connectivity index (χ3n) is 5.25. The second-order valence-corrected chi connectivity index (χ2v) is 7.06. The van der Waals surface area contributed by atoms with Gasteiger partial charge in [-0.3, -0.25) is 9.59 Å². The van der Waals surface area contributed by atoms with E-state index in [0.717, 1.165) is 11.8 Å². The van der Waals surface area contributed by atoms with Gasteiger partial charge in [-0.2, -0.15) is 5.10 Å². The Bertz CT molecular complexity index is 1230. The molecule has 0 spiro atoms. The Labute approximate surface area is 172 Å². The first kappa shape index (κ1) is 19.2. The molecule has 2 aromatic rings. The lowest BCUT2D eigenvalue weighted by molar-refractivity contribution is -0.579. The van der Waals surface area contributed by atoms with Crippen molar-refractivity contribution in [2.75, 3.05) is 13.6 Å². The zero-order valence-electron chi connectivity index (χ0n) is 16.1. The van der Waals surface area contributed by atoms with Gasteiger partial charge in [0.2, 0.25) is 11.5 Å². The van der Waals surface area contributed by atoms with Crippen LogP contribution >= 0.6 is 0 Å². The average Bonchev–Trinajstić information content (AvgIpc) is 3.17. The predicted octanol–water partition coefficient (Wildman–Crippen LogP) is 0.652. The average molecular weight is 400 g/mol. The smallest absolute Gasteiger partial charge is 0.275 e. The number of terminal acetylenes is 2. The highest BCUT2D eigenvalue weighted by molar-refractivity contribution is 6.11. The van der Waals surface area contributed by atoms with Crippen molar-refractivity contribution in [3.63, 3.8) is 0 Å². The van der Waals surface area contributed by atoms with E-state index in [1.807, 2.05) is 30.3 Å². The van der Waals surface area contributed by atoms with Crippen molar-refractivity contribution in [3.8, 4) is 30.4 Å². The summed E-state index contributed by atoms with van der Waals surface area (Å²) in [5.41, 5.74) is 0.420. The summed E-state index contributed by atoms with van der Waals surface area (Å²) in [5, 5.41) is 19.0. The van der Waals surface area contributed by atoms with Crippen LogP contribution in [0.1, 0.15) is 28.1 Å². The molecule has 1 unspecified atom stereocenters. The lowest BCUT2D eigenvalue weighted by atomic mass is 9.96. The first-order valence-corrected chi connectivity index (χ1v) is 9.22. The molecule has 30 heavy (non-hydrogen) atoms. The number of hydrogen-bond acceptors (Lipinski definition) is 5. The van der Waals surface area contributed by atoms with Crippen molar-refractivity contribution < 1.29 is 14.6 Å². The highest BCUT2D eigenvalue weighted by atomic mass is 16.3. The Morgan fingerprint density at radius 2 is 2.00 bits per heavy atom. The Morgan fingerprint density at radius 1 is 1.27 bits per heavy atom. The van der Waals surface area contributed by atoms with Crippen molar-refractivity contribution in [3.05, 3.63) is 58.0 Å². The Morgan fingerprint density at radius 3 is 2.63 bits per heavy atom. The monoisotopic (exact) mass is 400 g/mol. The molecule has 4 rings (SSSR count).